The minimum atomic E-state index is 0.143. The van der Waals surface area contributed by atoms with Gasteiger partial charge in [-0.15, -0.1) is 10.2 Å². The molecule has 120 valence electrons. The van der Waals surface area contributed by atoms with Crippen LogP contribution in [0.1, 0.15) is 49.4 Å². The zero-order chi connectivity index (χ0) is 15.7. The zero-order valence-electron chi connectivity index (χ0n) is 13.5. The van der Waals surface area contributed by atoms with E-state index in [4.69, 9.17) is 8.94 Å². The molecule has 0 bridgehead atoms. The van der Waals surface area contributed by atoms with Crippen LogP contribution in [0, 0.1) is 13.8 Å². The molecule has 3 rings (SSSR count). The second-order valence-electron chi connectivity index (χ2n) is 5.76. The van der Waals surface area contributed by atoms with Gasteiger partial charge in [-0.3, -0.25) is 9.80 Å². The highest BCUT2D eigenvalue weighted by Gasteiger charge is 2.29. The Hall–Kier alpha value is -1.80. The first-order valence-electron chi connectivity index (χ1n) is 7.63. The molecule has 0 spiro atoms. The summed E-state index contributed by atoms with van der Waals surface area (Å²) in [7, 11) is 0. The molecule has 1 aliphatic rings. The van der Waals surface area contributed by atoms with Gasteiger partial charge in [-0.2, -0.15) is 4.98 Å². The maximum Gasteiger partial charge on any atom is 0.243 e. The average molecular weight is 306 g/mol. The van der Waals surface area contributed by atoms with Gasteiger partial charge in [-0.05, 0) is 20.8 Å². The lowest BCUT2D eigenvalue weighted by Gasteiger charge is -2.38. The van der Waals surface area contributed by atoms with E-state index in [1.54, 1.807) is 0 Å². The van der Waals surface area contributed by atoms with Gasteiger partial charge in [0.05, 0.1) is 12.1 Å². The van der Waals surface area contributed by atoms with Crippen molar-refractivity contribution in [3.05, 3.63) is 23.5 Å². The first kappa shape index (κ1) is 15.1. The molecule has 3 heterocycles. The summed E-state index contributed by atoms with van der Waals surface area (Å²) in [6.07, 6.45) is 0. The molecule has 22 heavy (non-hydrogen) atoms. The molecule has 1 fully saturated rings. The Kier molecular flexibility index (Phi) is 4.21. The Labute approximate surface area is 129 Å². The molecule has 1 saturated heterocycles. The van der Waals surface area contributed by atoms with E-state index in [-0.39, 0.29) is 12.1 Å². The third-order valence-electron chi connectivity index (χ3n) is 4.24. The molecule has 2 atom stereocenters. The quantitative estimate of drug-likeness (QED) is 0.840. The van der Waals surface area contributed by atoms with E-state index in [1.165, 1.54) is 0 Å². The number of hydrogen-bond acceptors (Lipinski definition) is 8. The number of aryl methyl sites for hydroxylation is 2. The van der Waals surface area contributed by atoms with Crippen LogP contribution in [0.15, 0.2) is 8.94 Å². The first-order chi connectivity index (χ1) is 10.5. The van der Waals surface area contributed by atoms with Crippen LogP contribution in [0.2, 0.25) is 0 Å². The molecule has 1 aliphatic heterocycles. The number of piperazine rings is 1. The molecular weight excluding hydrogens is 284 g/mol. The second kappa shape index (κ2) is 6.13. The Balaban J connectivity index is 1.58. The van der Waals surface area contributed by atoms with E-state index in [0.29, 0.717) is 23.5 Å². The van der Waals surface area contributed by atoms with Gasteiger partial charge in [-0.1, -0.05) is 5.16 Å². The largest absolute Gasteiger partial charge is 0.424 e. The fraction of sp³-hybridized carbons (Fsp3) is 0.714. The van der Waals surface area contributed by atoms with E-state index >= 15 is 0 Å². The smallest absolute Gasteiger partial charge is 0.243 e. The fourth-order valence-corrected chi connectivity index (χ4v) is 2.79. The Bertz CT molecular complexity index is 562. The average Bonchev–Trinajstić information content (AvgIpc) is 3.14. The predicted octanol–water partition coefficient (Wildman–Crippen LogP) is 1.51. The van der Waals surface area contributed by atoms with Crippen molar-refractivity contribution in [2.24, 2.45) is 0 Å². The van der Waals surface area contributed by atoms with E-state index in [0.717, 1.165) is 26.2 Å². The summed E-state index contributed by atoms with van der Waals surface area (Å²) in [4.78, 5) is 9.04. The topological polar surface area (TPSA) is 84.3 Å². The van der Waals surface area contributed by atoms with Gasteiger partial charge >= 0.3 is 0 Å². The van der Waals surface area contributed by atoms with Crippen molar-refractivity contribution < 1.29 is 8.94 Å². The highest BCUT2D eigenvalue weighted by Crippen LogP contribution is 2.24. The molecule has 0 N–H and O–H groups in total. The molecule has 0 saturated carbocycles. The molecule has 8 heteroatoms. The van der Waals surface area contributed by atoms with Crippen LogP contribution in [-0.4, -0.2) is 56.3 Å². The van der Waals surface area contributed by atoms with Gasteiger partial charge in [0.1, 0.15) is 0 Å². The van der Waals surface area contributed by atoms with Crippen LogP contribution in [0.3, 0.4) is 0 Å². The minimum Gasteiger partial charge on any atom is -0.424 e. The van der Waals surface area contributed by atoms with Gasteiger partial charge in [0.2, 0.25) is 17.7 Å². The molecule has 0 radical (unpaired) electrons. The molecule has 0 aliphatic carbocycles. The van der Waals surface area contributed by atoms with E-state index in [2.05, 4.69) is 44.0 Å². The van der Waals surface area contributed by atoms with Crippen molar-refractivity contribution in [1.82, 2.24) is 30.1 Å². The molecule has 0 amide bonds. The molecule has 8 nitrogen and oxygen atoms in total. The summed E-state index contributed by atoms with van der Waals surface area (Å²) < 4.78 is 10.8. The van der Waals surface area contributed by atoms with Gasteiger partial charge in [0.25, 0.3) is 0 Å². The van der Waals surface area contributed by atoms with Crippen molar-refractivity contribution in [1.29, 1.82) is 0 Å². The lowest BCUT2D eigenvalue weighted by Crippen LogP contribution is -2.47. The summed E-state index contributed by atoms with van der Waals surface area (Å²) in [6, 6.07) is 0.286. The third-order valence-corrected chi connectivity index (χ3v) is 4.24. The third kappa shape index (κ3) is 3.02. The first-order valence-corrected chi connectivity index (χ1v) is 7.63. The summed E-state index contributed by atoms with van der Waals surface area (Å²) in [6.45, 7) is 11.6. The number of aromatic nitrogens is 4. The van der Waals surface area contributed by atoms with Crippen LogP contribution < -0.4 is 0 Å². The molecule has 2 aromatic rings. The summed E-state index contributed by atoms with van der Waals surface area (Å²) in [5, 5.41) is 11.9. The van der Waals surface area contributed by atoms with Crippen LogP contribution in [0.5, 0.6) is 0 Å². The van der Waals surface area contributed by atoms with Crippen LogP contribution in [-0.2, 0) is 0 Å². The second-order valence-corrected chi connectivity index (χ2v) is 5.76. The normalized spacial score (nSPS) is 20.2. The van der Waals surface area contributed by atoms with Crippen LogP contribution in [0.4, 0.5) is 0 Å². The Morgan fingerprint density at radius 3 is 1.95 bits per heavy atom. The van der Waals surface area contributed by atoms with Crippen molar-refractivity contribution in [3.8, 4) is 0 Å². The van der Waals surface area contributed by atoms with E-state index < -0.39 is 0 Å². The molecule has 0 aromatic carbocycles. The van der Waals surface area contributed by atoms with Gasteiger partial charge < -0.3 is 8.94 Å². The van der Waals surface area contributed by atoms with Gasteiger partial charge in [-0.25, -0.2) is 0 Å². The van der Waals surface area contributed by atoms with Crippen molar-refractivity contribution in [2.45, 2.75) is 39.8 Å². The number of rotatable bonds is 4. The Morgan fingerprint density at radius 1 is 0.909 bits per heavy atom. The number of hydrogen-bond donors (Lipinski definition) is 0. The predicted molar refractivity (Wildman–Crippen MR) is 78.0 cm³/mol. The van der Waals surface area contributed by atoms with E-state index in [1.807, 2.05) is 13.8 Å². The van der Waals surface area contributed by atoms with Crippen LogP contribution in [0.25, 0.3) is 0 Å². The van der Waals surface area contributed by atoms with Gasteiger partial charge in [0, 0.05) is 33.1 Å². The molecular formula is C14H22N6O2. The SMILES string of the molecule is Cc1noc([C@@H](C)N2CCN([C@H](C)c3nnc(C)o3)CC2)n1. The van der Waals surface area contributed by atoms with Crippen molar-refractivity contribution in [2.75, 3.05) is 26.2 Å². The Morgan fingerprint density at radius 2 is 1.50 bits per heavy atom. The highest BCUT2D eigenvalue weighted by molar-refractivity contribution is 4.94. The highest BCUT2D eigenvalue weighted by atomic mass is 16.5. The lowest BCUT2D eigenvalue weighted by atomic mass is 10.2. The monoisotopic (exact) mass is 306 g/mol. The fourth-order valence-electron chi connectivity index (χ4n) is 2.79. The van der Waals surface area contributed by atoms with E-state index in [9.17, 15) is 0 Å². The van der Waals surface area contributed by atoms with Gasteiger partial charge in [0.15, 0.2) is 5.82 Å². The summed E-state index contributed by atoms with van der Waals surface area (Å²) in [5.41, 5.74) is 0. The van der Waals surface area contributed by atoms with Crippen molar-refractivity contribution in [3.63, 3.8) is 0 Å². The standard InChI is InChI=1S/C14H22N6O2/c1-9(13-15-11(3)18-22-13)19-5-7-20(8-6-19)10(2)14-17-16-12(4)21-14/h9-10H,5-8H2,1-4H3/t9-,10-/m1/s1. The molecule has 0 unspecified atom stereocenters. The number of nitrogens with zero attached hydrogens (tertiary/aromatic N) is 6. The lowest BCUT2D eigenvalue weighted by molar-refractivity contribution is 0.0603. The summed E-state index contributed by atoms with van der Waals surface area (Å²) >= 11 is 0. The zero-order valence-corrected chi connectivity index (χ0v) is 13.5. The summed E-state index contributed by atoms with van der Waals surface area (Å²) in [5.74, 6) is 2.67. The molecule has 2 aromatic heterocycles. The maximum atomic E-state index is 5.53. The maximum absolute atomic E-state index is 5.53. The van der Waals surface area contributed by atoms with Crippen molar-refractivity contribution >= 4 is 0 Å². The minimum absolute atomic E-state index is 0.143. The van der Waals surface area contributed by atoms with Crippen LogP contribution >= 0.6 is 0 Å².